The van der Waals surface area contributed by atoms with E-state index >= 15 is 0 Å². The highest BCUT2D eigenvalue weighted by Gasteiger charge is 2.39. The van der Waals surface area contributed by atoms with Crippen molar-refractivity contribution in [2.75, 3.05) is 0 Å². The molecule has 0 radical (unpaired) electrons. The zero-order valence-electron chi connectivity index (χ0n) is 19.0. The van der Waals surface area contributed by atoms with Crippen molar-refractivity contribution in [3.05, 3.63) is 128 Å². The van der Waals surface area contributed by atoms with Crippen LogP contribution in [-0.4, -0.2) is 10.1 Å². The maximum absolute atomic E-state index is 14.7. The number of nitrogens with one attached hydrogen (secondary N) is 1. The number of alkyl halides is 3. The van der Waals surface area contributed by atoms with Crippen molar-refractivity contribution in [2.24, 2.45) is 0 Å². The van der Waals surface area contributed by atoms with E-state index in [0.717, 1.165) is 17.7 Å². The van der Waals surface area contributed by atoms with Gasteiger partial charge >= 0.3 is 6.18 Å². The van der Waals surface area contributed by atoms with Crippen LogP contribution in [-0.2, 0) is 24.7 Å². The van der Waals surface area contributed by atoms with Gasteiger partial charge in [-0.25, -0.2) is 4.39 Å². The number of phenols is 1. The molecule has 0 saturated heterocycles. The zero-order valence-corrected chi connectivity index (χ0v) is 21.2. The van der Waals surface area contributed by atoms with Crippen molar-refractivity contribution in [1.82, 2.24) is 10.3 Å². The molecule has 0 bridgehead atoms. The number of aromatic hydroxyl groups is 1. The highest BCUT2D eigenvalue weighted by Crippen LogP contribution is 2.39. The molecule has 4 aromatic rings. The maximum Gasteiger partial charge on any atom is 0.416 e. The second-order valence-corrected chi connectivity index (χ2v) is 9.68. The molecule has 1 aromatic heterocycles. The summed E-state index contributed by atoms with van der Waals surface area (Å²) in [6.07, 6.45) is -3.35. The summed E-state index contributed by atoms with van der Waals surface area (Å²) in [6.45, 7) is -0.0961. The number of rotatable bonds is 7. The van der Waals surface area contributed by atoms with Crippen LogP contribution in [0.4, 0.5) is 17.6 Å². The molecule has 4 rings (SSSR count). The molecule has 2 N–H and O–H groups in total. The lowest BCUT2D eigenvalue weighted by Crippen LogP contribution is -2.46. The van der Waals surface area contributed by atoms with Crippen molar-refractivity contribution in [3.63, 3.8) is 0 Å². The largest absolute Gasteiger partial charge is 0.506 e. The van der Waals surface area contributed by atoms with Gasteiger partial charge in [0.25, 0.3) is 0 Å². The molecule has 0 aliphatic heterocycles. The Hall–Kier alpha value is -2.84. The first kappa shape index (κ1) is 27.2. The predicted octanol–water partition coefficient (Wildman–Crippen LogP) is 8.18. The maximum atomic E-state index is 14.7. The Labute approximate surface area is 225 Å². The molecule has 0 saturated carbocycles. The fraction of sp³-hybridized carbons (Fsp3) is 0.148. The van der Waals surface area contributed by atoms with Gasteiger partial charge in [0.1, 0.15) is 11.6 Å². The number of hydrogen-bond donors (Lipinski definition) is 2. The smallest absolute Gasteiger partial charge is 0.416 e. The Morgan fingerprint density at radius 2 is 1.54 bits per heavy atom. The van der Waals surface area contributed by atoms with Gasteiger partial charge < -0.3 is 5.11 Å². The quantitative estimate of drug-likeness (QED) is 0.221. The fourth-order valence-corrected chi connectivity index (χ4v) is 4.77. The molecule has 37 heavy (non-hydrogen) atoms. The van der Waals surface area contributed by atoms with Crippen molar-refractivity contribution in [3.8, 4) is 5.75 Å². The van der Waals surface area contributed by atoms with Crippen molar-refractivity contribution >= 4 is 34.8 Å². The summed E-state index contributed by atoms with van der Waals surface area (Å²) in [5, 5.41) is 14.3. The lowest BCUT2D eigenvalue weighted by atomic mass is 9.79. The van der Waals surface area contributed by atoms with E-state index < -0.39 is 23.1 Å². The first-order valence-electron chi connectivity index (χ1n) is 10.9. The van der Waals surface area contributed by atoms with Crippen LogP contribution in [0.2, 0.25) is 15.1 Å². The number of benzene rings is 3. The lowest BCUT2D eigenvalue weighted by molar-refractivity contribution is -0.137. The van der Waals surface area contributed by atoms with E-state index in [1.807, 2.05) is 0 Å². The van der Waals surface area contributed by atoms with Gasteiger partial charge in [0.15, 0.2) is 0 Å². The predicted molar refractivity (Wildman–Crippen MR) is 137 cm³/mol. The number of aromatic nitrogens is 1. The molecule has 10 heteroatoms. The van der Waals surface area contributed by atoms with E-state index in [-0.39, 0.29) is 45.6 Å². The Morgan fingerprint density at radius 1 is 0.838 bits per heavy atom. The van der Waals surface area contributed by atoms with Crippen LogP contribution in [0.5, 0.6) is 5.75 Å². The van der Waals surface area contributed by atoms with E-state index in [1.165, 1.54) is 18.3 Å². The minimum Gasteiger partial charge on any atom is -0.506 e. The fourth-order valence-electron chi connectivity index (χ4n) is 4.13. The summed E-state index contributed by atoms with van der Waals surface area (Å²) >= 11 is 18.3. The van der Waals surface area contributed by atoms with Gasteiger partial charge in [-0.1, -0.05) is 65.1 Å². The standard InChI is InChI=1S/C27H19Cl3F4N2O/c28-20-6-7-24(35-15-20)26(13-16-4-2-1-3-5-16,18-9-19(27(32,33)34)11-22(31)10-18)36-14-17-8-21(29)12-23(30)25(17)37/h1-12,15,36-37H,13-14H2/t26-/m0/s1. The van der Waals surface area contributed by atoms with Crippen molar-refractivity contribution in [1.29, 1.82) is 0 Å². The van der Waals surface area contributed by atoms with Crippen molar-refractivity contribution in [2.45, 2.75) is 24.7 Å². The molecular formula is C27H19Cl3F4N2O. The average molecular weight is 570 g/mol. The van der Waals surface area contributed by atoms with Crippen LogP contribution in [0.15, 0.2) is 79.0 Å². The second-order valence-electron chi connectivity index (χ2n) is 8.40. The van der Waals surface area contributed by atoms with E-state index in [9.17, 15) is 22.7 Å². The molecule has 0 spiro atoms. The first-order valence-corrected chi connectivity index (χ1v) is 12.1. The molecule has 0 fully saturated rings. The van der Waals surface area contributed by atoms with Gasteiger partial charge in [-0.15, -0.1) is 0 Å². The van der Waals surface area contributed by atoms with Crippen LogP contribution >= 0.6 is 34.8 Å². The Balaban J connectivity index is 1.95. The summed E-state index contributed by atoms with van der Waals surface area (Å²) in [5.41, 5.74) is -1.35. The molecule has 0 aliphatic carbocycles. The summed E-state index contributed by atoms with van der Waals surface area (Å²) in [6, 6.07) is 17.3. The molecule has 3 aromatic carbocycles. The first-order chi connectivity index (χ1) is 17.5. The minimum absolute atomic E-state index is 0.00712. The van der Waals surface area contributed by atoms with Crippen LogP contribution in [0, 0.1) is 5.82 Å². The minimum atomic E-state index is -4.79. The molecule has 192 valence electrons. The van der Waals surface area contributed by atoms with E-state index in [4.69, 9.17) is 34.8 Å². The van der Waals surface area contributed by atoms with Gasteiger partial charge in [-0.3, -0.25) is 10.3 Å². The summed E-state index contributed by atoms with van der Waals surface area (Å²) < 4.78 is 55.9. The number of nitrogens with zero attached hydrogens (tertiary/aromatic N) is 1. The van der Waals surface area contributed by atoms with Crippen LogP contribution in [0.3, 0.4) is 0 Å². The second kappa shape index (κ2) is 10.9. The molecular weight excluding hydrogens is 551 g/mol. The molecule has 0 amide bonds. The normalized spacial score (nSPS) is 13.4. The van der Waals surface area contributed by atoms with Gasteiger partial charge in [0.2, 0.25) is 0 Å². The Bertz CT molecular complexity index is 1400. The third-order valence-electron chi connectivity index (χ3n) is 5.88. The highest BCUT2D eigenvalue weighted by molar-refractivity contribution is 6.35. The van der Waals surface area contributed by atoms with E-state index in [1.54, 1.807) is 42.5 Å². The average Bonchev–Trinajstić information content (AvgIpc) is 2.84. The van der Waals surface area contributed by atoms with Gasteiger partial charge in [0.05, 0.1) is 26.8 Å². The van der Waals surface area contributed by atoms with Crippen LogP contribution in [0.25, 0.3) is 0 Å². The zero-order chi connectivity index (χ0) is 26.8. The van der Waals surface area contributed by atoms with E-state index in [0.29, 0.717) is 11.1 Å². The molecule has 0 aliphatic rings. The number of pyridine rings is 1. The Kier molecular flexibility index (Phi) is 7.99. The van der Waals surface area contributed by atoms with Crippen LogP contribution in [0.1, 0.15) is 27.9 Å². The van der Waals surface area contributed by atoms with Gasteiger partial charge in [-0.2, -0.15) is 13.2 Å². The Morgan fingerprint density at radius 3 is 2.19 bits per heavy atom. The summed E-state index contributed by atoms with van der Waals surface area (Å²) in [4.78, 5) is 4.40. The molecule has 1 atom stereocenters. The number of phenolic OH excluding ortho intramolecular Hbond substituents is 1. The third kappa shape index (κ3) is 6.18. The summed E-state index contributed by atoms with van der Waals surface area (Å²) in [7, 11) is 0. The van der Waals surface area contributed by atoms with Crippen LogP contribution < -0.4 is 5.32 Å². The molecule has 0 unspecified atom stereocenters. The van der Waals surface area contributed by atoms with Crippen molar-refractivity contribution < 1.29 is 22.7 Å². The number of hydrogen-bond acceptors (Lipinski definition) is 3. The SMILES string of the molecule is Oc1c(Cl)cc(Cl)cc1CN[C@@](Cc1ccccc1)(c1cc(F)cc(C(F)(F)F)c1)c1ccc(Cl)cn1. The molecule has 1 heterocycles. The third-order valence-corrected chi connectivity index (χ3v) is 6.61. The topological polar surface area (TPSA) is 45.1 Å². The highest BCUT2D eigenvalue weighted by atomic mass is 35.5. The van der Waals surface area contributed by atoms with Gasteiger partial charge in [0, 0.05) is 29.7 Å². The lowest BCUT2D eigenvalue weighted by Gasteiger charge is -2.36. The van der Waals surface area contributed by atoms with E-state index in [2.05, 4.69) is 10.3 Å². The molecule has 3 nitrogen and oxygen atoms in total. The van der Waals surface area contributed by atoms with Gasteiger partial charge in [-0.05, 0) is 53.6 Å². The number of halogens is 7. The summed E-state index contributed by atoms with van der Waals surface area (Å²) in [5.74, 6) is -1.31. The monoisotopic (exact) mass is 568 g/mol.